The number of nitrogens with zero attached hydrogens (tertiary/aromatic N) is 3. The highest BCUT2D eigenvalue weighted by molar-refractivity contribution is 6.46. The lowest BCUT2D eigenvalue weighted by molar-refractivity contribution is -0.384. The van der Waals surface area contributed by atoms with Crippen molar-refractivity contribution in [1.29, 1.82) is 0 Å². The molecular weight excluding hydrogens is 496 g/mol. The van der Waals surface area contributed by atoms with Crippen LogP contribution in [0.1, 0.15) is 45.3 Å². The SMILES string of the molecule is COC(=O)c1[nH]c(C)c(/C(O)=C2/C(=O)C(=O)N(CCCN3CCOCC3)C2c2cccc([N+](=O)[O-])c2)c1C. The standard InChI is InChI=1S/C26H30N4O8/c1-15-19(16(2)27-21(15)26(34)37-3)23(31)20-22(17-6-4-7-18(14-17)30(35)36)29(25(33)24(20)32)9-5-8-28-10-12-38-13-11-28/h4,6-7,14,22,27,31H,5,8-13H2,1-3H3/b23-20-. The van der Waals surface area contributed by atoms with Gasteiger partial charge in [-0.05, 0) is 31.4 Å². The van der Waals surface area contributed by atoms with E-state index in [-0.39, 0.29) is 29.1 Å². The molecule has 1 aromatic carbocycles. The zero-order valence-electron chi connectivity index (χ0n) is 21.5. The van der Waals surface area contributed by atoms with Gasteiger partial charge in [0.2, 0.25) is 0 Å². The van der Waals surface area contributed by atoms with E-state index in [4.69, 9.17) is 9.47 Å². The van der Waals surface area contributed by atoms with Gasteiger partial charge in [0.1, 0.15) is 11.5 Å². The largest absolute Gasteiger partial charge is 0.507 e. The Kier molecular flexibility index (Phi) is 7.93. The fourth-order valence-electron chi connectivity index (χ4n) is 5.10. The fourth-order valence-corrected chi connectivity index (χ4v) is 5.10. The van der Waals surface area contributed by atoms with E-state index >= 15 is 0 Å². The number of nitro benzene ring substituents is 1. The molecule has 2 N–H and O–H groups in total. The molecule has 202 valence electrons. The number of aromatic nitrogens is 1. The lowest BCUT2D eigenvalue weighted by atomic mass is 9.93. The number of carbonyl (C=O) groups is 3. The van der Waals surface area contributed by atoms with Crippen LogP contribution in [0.4, 0.5) is 5.69 Å². The molecule has 0 bridgehead atoms. The van der Waals surface area contributed by atoms with E-state index < -0.39 is 34.4 Å². The third-order valence-electron chi connectivity index (χ3n) is 6.98. The van der Waals surface area contributed by atoms with Crippen molar-refractivity contribution in [1.82, 2.24) is 14.8 Å². The van der Waals surface area contributed by atoms with Crippen molar-refractivity contribution in [2.24, 2.45) is 0 Å². The molecule has 1 aromatic heterocycles. The number of ketones is 1. The summed E-state index contributed by atoms with van der Waals surface area (Å²) in [6.07, 6.45) is 0.549. The van der Waals surface area contributed by atoms with Crippen molar-refractivity contribution in [2.75, 3.05) is 46.5 Å². The van der Waals surface area contributed by atoms with Crippen LogP contribution in [0.25, 0.3) is 5.76 Å². The number of non-ortho nitro benzene ring substituents is 1. The van der Waals surface area contributed by atoms with Crippen LogP contribution in [0.3, 0.4) is 0 Å². The Morgan fingerprint density at radius 2 is 1.95 bits per heavy atom. The Balaban J connectivity index is 1.78. The zero-order valence-corrected chi connectivity index (χ0v) is 21.5. The molecule has 0 aliphatic carbocycles. The van der Waals surface area contributed by atoms with Crippen molar-refractivity contribution in [2.45, 2.75) is 26.3 Å². The number of aryl methyl sites for hydroxylation is 1. The molecule has 12 nitrogen and oxygen atoms in total. The van der Waals surface area contributed by atoms with E-state index in [1.54, 1.807) is 19.9 Å². The maximum absolute atomic E-state index is 13.3. The van der Waals surface area contributed by atoms with Gasteiger partial charge in [0.25, 0.3) is 17.4 Å². The summed E-state index contributed by atoms with van der Waals surface area (Å²) in [6, 6.07) is 4.63. The van der Waals surface area contributed by atoms with Crippen molar-refractivity contribution >= 4 is 29.1 Å². The average Bonchev–Trinajstić information content (AvgIpc) is 3.35. The van der Waals surface area contributed by atoms with Gasteiger partial charge in [0.05, 0.1) is 36.9 Å². The van der Waals surface area contributed by atoms with Crippen molar-refractivity contribution < 1.29 is 33.9 Å². The molecule has 0 spiro atoms. The van der Waals surface area contributed by atoms with E-state index in [1.807, 2.05) is 0 Å². The third kappa shape index (κ3) is 5.04. The van der Waals surface area contributed by atoms with Gasteiger partial charge in [-0.25, -0.2) is 4.79 Å². The highest BCUT2D eigenvalue weighted by Crippen LogP contribution is 2.41. The third-order valence-corrected chi connectivity index (χ3v) is 6.98. The van der Waals surface area contributed by atoms with Gasteiger partial charge in [-0.1, -0.05) is 12.1 Å². The number of nitro groups is 1. The summed E-state index contributed by atoms with van der Waals surface area (Å²) in [5.74, 6) is -2.81. The van der Waals surface area contributed by atoms with Crippen LogP contribution in [-0.4, -0.2) is 89.0 Å². The number of aliphatic hydroxyl groups excluding tert-OH is 1. The number of Topliss-reactive ketones (excluding diaryl/α,β-unsaturated/α-hetero) is 1. The Morgan fingerprint density at radius 3 is 2.61 bits per heavy atom. The molecule has 38 heavy (non-hydrogen) atoms. The number of amides is 1. The van der Waals surface area contributed by atoms with Crippen LogP contribution >= 0.6 is 0 Å². The summed E-state index contributed by atoms with van der Waals surface area (Å²) in [5, 5.41) is 22.9. The van der Waals surface area contributed by atoms with E-state index in [1.165, 1.54) is 30.2 Å². The van der Waals surface area contributed by atoms with E-state index in [2.05, 4.69) is 9.88 Å². The van der Waals surface area contributed by atoms with E-state index in [9.17, 15) is 29.6 Å². The summed E-state index contributed by atoms with van der Waals surface area (Å²) in [5.41, 5.74) is 0.988. The molecule has 4 rings (SSSR count). The topological polar surface area (TPSA) is 155 Å². The number of likely N-dealkylation sites (tertiary alicyclic amines) is 1. The second-order valence-corrected chi connectivity index (χ2v) is 9.27. The molecule has 1 unspecified atom stereocenters. The highest BCUT2D eigenvalue weighted by Gasteiger charge is 2.46. The van der Waals surface area contributed by atoms with Crippen LogP contribution in [0.15, 0.2) is 29.8 Å². The number of hydrogen-bond donors (Lipinski definition) is 2. The molecule has 2 aliphatic heterocycles. The van der Waals surface area contributed by atoms with Gasteiger partial charge in [-0.2, -0.15) is 0 Å². The van der Waals surface area contributed by atoms with Crippen LogP contribution < -0.4 is 0 Å². The van der Waals surface area contributed by atoms with Gasteiger partial charge >= 0.3 is 5.97 Å². The molecule has 12 heteroatoms. The number of aliphatic hydroxyl groups is 1. The summed E-state index contributed by atoms with van der Waals surface area (Å²) < 4.78 is 10.2. The molecule has 2 aromatic rings. The van der Waals surface area contributed by atoms with Gasteiger partial charge in [-0.3, -0.25) is 24.6 Å². The van der Waals surface area contributed by atoms with Crippen molar-refractivity contribution in [3.8, 4) is 0 Å². The number of H-pyrrole nitrogens is 1. The Morgan fingerprint density at radius 1 is 1.24 bits per heavy atom. The molecule has 2 aliphatic rings. The number of benzene rings is 1. The first-order valence-corrected chi connectivity index (χ1v) is 12.3. The van der Waals surface area contributed by atoms with Crippen LogP contribution in [0, 0.1) is 24.0 Å². The molecule has 1 amide bonds. The minimum atomic E-state index is -1.05. The smallest absolute Gasteiger partial charge is 0.354 e. The second kappa shape index (κ2) is 11.2. The molecular formula is C26H30N4O8. The molecule has 0 radical (unpaired) electrons. The van der Waals surface area contributed by atoms with Gasteiger partial charge in [0, 0.05) is 49.6 Å². The van der Waals surface area contributed by atoms with Crippen molar-refractivity contribution in [3.05, 3.63) is 68.0 Å². The Bertz CT molecular complexity index is 1310. The van der Waals surface area contributed by atoms with Gasteiger partial charge in [0.15, 0.2) is 0 Å². The molecule has 0 saturated carbocycles. The summed E-state index contributed by atoms with van der Waals surface area (Å²) >= 11 is 0. The summed E-state index contributed by atoms with van der Waals surface area (Å²) in [6.45, 7) is 6.86. The molecule has 3 heterocycles. The van der Waals surface area contributed by atoms with Crippen molar-refractivity contribution in [3.63, 3.8) is 0 Å². The molecule has 2 fully saturated rings. The van der Waals surface area contributed by atoms with Gasteiger partial charge in [-0.15, -0.1) is 0 Å². The van der Waals surface area contributed by atoms with Gasteiger partial charge < -0.3 is 24.5 Å². The Labute approximate surface area is 219 Å². The van der Waals surface area contributed by atoms with E-state index in [0.717, 1.165) is 13.1 Å². The highest BCUT2D eigenvalue weighted by atomic mass is 16.6. The first-order valence-electron chi connectivity index (χ1n) is 12.3. The molecule has 2 saturated heterocycles. The number of methoxy groups -OCH3 is 1. The summed E-state index contributed by atoms with van der Waals surface area (Å²) in [4.78, 5) is 56.1. The number of carbonyl (C=O) groups excluding carboxylic acids is 3. The first-order chi connectivity index (χ1) is 18.1. The first kappa shape index (κ1) is 27.0. The fraction of sp³-hybridized carbons (Fsp3) is 0.423. The second-order valence-electron chi connectivity index (χ2n) is 9.27. The quantitative estimate of drug-likeness (QED) is 0.132. The number of nitrogens with one attached hydrogen (secondary N) is 1. The minimum absolute atomic E-state index is 0.109. The number of aromatic amines is 1. The zero-order chi connectivity index (χ0) is 27.6. The predicted molar refractivity (Wildman–Crippen MR) is 136 cm³/mol. The van der Waals surface area contributed by atoms with Crippen LogP contribution in [0.5, 0.6) is 0 Å². The monoisotopic (exact) mass is 526 g/mol. The normalized spacial score (nSPS) is 19.7. The molecule has 1 atom stereocenters. The number of morpholine rings is 1. The maximum Gasteiger partial charge on any atom is 0.354 e. The lowest BCUT2D eigenvalue weighted by Gasteiger charge is -2.29. The number of hydrogen-bond acceptors (Lipinski definition) is 9. The predicted octanol–water partition coefficient (Wildman–Crippen LogP) is 2.47. The lowest BCUT2D eigenvalue weighted by Crippen LogP contribution is -2.39. The average molecular weight is 527 g/mol. The van der Waals surface area contributed by atoms with Crippen LogP contribution in [-0.2, 0) is 19.1 Å². The minimum Gasteiger partial charge on any atom is -0.507 e. The summed E-state index contributed by atoms with van der Waals surface area (Å²) in [7, 11) is 1.22. The number of esters is 1. The van der Waals surface area contributed by atoms with E-state index in [0.29, 0.717) is 43.0 Å². The number of ether oxygens (including phenoxy) is 2. The maximum atomic E-state index is 13.3. The van der Waals surface area contributed by atoms with Crippen LogP contribution in [0.2, 0.25) is 0 Å². The Hall–Kier alpha value is -4.03. The number of rotatable bonds is 8.